The highest BCUT2D eigenvalue weighted by molar-refractivity contribution is 9.10. The first-order valence-corrected chi connectivity index (χ1v) is 6.21. The maximum atomic E-state index is 5.69. The van der Waals surface area contributed by atoms with Crippen LogP contribution in [0.1, 0.15) is 13.8 Å². The molecular weight excluding hydrogens is 264 g/mol. The van der Waals surface area contributed by atoms with E-state index in [1.807, 2.05) is 44.2 Å². The highest BCUT2D eigenvalue weighted by Gasteiger charge is 2.05. The van der Waals surface area contributed by atoms with Crippen molar-refractivity contribution in [1.82, 2.24) is 0 Å². The van der Waals surface area contributed by atoms with Crippen LogP contribution >= 0.6 is 15.9 Å². The fraction of sp³-hybridized carbons (Fsp3) is 0.143. The SMILES string of the molecule is Brc1ccc2oc3ccccc3c2c1.CC. The summed E-state index contributed by atoms with van der Waals surface area (Å²) in [5.74, 6) is 0. The van der Waals surface area contributed by atoms with Gasteiger partial charge in [0.15, 0.2) is 0 Å². The molecule has 0 saturated carbocycles. The van der Waals surface area contributed by atoms with E-state index < -0.39 is 0 Å². The topological polar surface area (TPSA) is 13.1 Å². The molecule has 0 atom stereocenters. The van der Waals surface area contributed by atoms with Gasteiger partial charge in [-0.2, -0.15) is 0 Å². The molecule has 1 heterocycles. The monoisotopic (exact) mass is 276 g/mol. The minimum Gasteiger partial charge on any atom is -0.456 e. The van der Waals surface area contributed by atoms with Gasteiger partial charge in [0.1, 0.15) is 11.2 Å². The molecule has 2 aromatic carbocycles. The minimum absolute atomic E-state index is 0.939. The lowest BCUT2D eigenvalue weighted by Crippen LogP contribution is -1.66. The van der Waals surface area contributed by atoms with E-state index in [9.17, 15) is 0 Å². The lowest BCUT2D eigenvalue weighted by atomic mass is 10.2. The van der Waals surface area contributed by atoms with E-state index in [-0.39, 0.29) is 0 Å². The van der Waals surface area contributed by atoms with Gasteiger partial charge in [-0.25, -0.2) is 0 Å². The second-order valence-electron chi connectivity index (χ2n) is 3.24. The normalized spacial score (nSPS) is 10.2. The van der Waals surface area contributed by atoms with Crippen LogP contribution in [0, 0.1) is 0 Å². The third-order valence-corrected chi connectivity index (χ3v) is 2.83. The molecular formula is C14H13BrO. The number of halogens is 1. The summed E-state index contributed by atoms with van der Waals surface area (Å²) >= 11 is 3.46. The van der Waals surface area contributed by atoms with Gasteiger partial charge in [0.05, 0.1) is 0 Å². The molecule has 2 heteroatoms. The number of fused-ring (bicyclic) bond motifs is 3. The van der Waals surface area contributed by atoms with Crippen molar-refractivity contribution >= 4 is 37.9 Å². The zero-order valence-corrected chi connectivity index (χ0v) is 10.9. The Morgan fingerprint density at radius 3 is 2.38 bits per heavy atom. The summed E-state index contributed by atoms with van der Waals surface area (Å²) in [7, 11) is 0. The molecule has 82 valence electrons. The zero-order valence-electron chi connectivity index (χ0n) is 9.33. The van der Waals surface area contributed by atoms with E-state index in [0.717, 1.165) is 21.0 Å². The van der Waals surface area contributed by atoms with Crippen molar-refractivity contribution in [2.75, 3.05) is 0 Å². The molecule has 0 fully saturated rings. The molecule has 3 rings (SSSR count). The predicted molar refractivity (Wildman–Crippen MR) is 72.8 cm³/mol. The lowest BCUT2D eigenvalue weighted by molar-refractivity contribution is 0.669. The first-order chi connectivity index (χ1) is 7.84. The molecule has 3 aromatic rings. The Hall–Kier alpha value is -1.28. The Morgan fingerprint density at radius 1 is 0.875 bits per heavy atom. The van der Waals surface area contributed by atoms with Gasteiger partial charge in [-0.05, 0) is 24.3 Å². The van der Waals surface area contributed by atoms with Crippen LogP contribution in [0.3, 0.4) is 0 Å². The van der Waals surface area contributed by atoms with Crippen LogP contribution in [0.4, 0.5) is 0 Å². The first kappa shape index (κ1) is 11.2. The van der Waals surface area contributed by atoms with Crippen molar-refractivity contribution in [2.45, 2.75) is 13.8 Å². The summed E-state index contributed by atoms with van der Waals surface area (Å²) in [4.78, 5) is 0. The maximum absolute atomic E-state index is 5.69. The largest absolute Gasteiger partial charge is 0.456 e. The highest BCUT2D eigenvalue weighted by atomic mass is 79.9. The Bertz CT molecular complexity index is 610. The molecule has 0 aliphatic carbocycles. The summed E-state index contributed by atoms with van der Waals surface area (Å²) < 4.78 is 6.77. The van der Waals surface area contributed by atoms with Gasteiger partial charge < -0.3 is 4.42 Å². The molecule has 0 amide bonds. The third-order valence-electron chi connectivity index (χ3n) is 2.34. The van der Waals surface area contributed by atoms with E-state index in [1.165, 1.54) is 5.39 Å². The number of hydrogen-bond acceptors (Lipinski definition) is 1. The standard InChI is InChI=1S/C12H7BrO.C2H6/c13-8-5-6-12-10(7-8)9-3-1-2-4-11(9)14-12;1-2/h1-7H;1-2H3. The molecule has 0 radical (unpaired) electrons. The molecule has 16 heavy (non-hydrogen) atoms. The molecule has 1 nitrogen and oxygen atoms in total. The van der Waals surface area contributed by atoms with Gasteiger partial charge in [0.2, 0.25) is 0 Å². The van der Waals surface area contributed by atoms with Gasteiger partial charge >= 0.3 is 0 Å². The van der Waals surface area contributed by atoms with Crippen LogP contribution in [0.25, 0.3) is 21.9 Å². The molecule has 0 aliphatic heterocycles. The number of benzene rings is 2. The van der Waals surface area contributed by atoms with Crippen molar-refractivity contribution in [1.29, 1.82) is 0 Å². The second kappa shape index (κ2) is 4.71. The third kappa shape index (κ3) is 1.85. The van der Waals surface area contributed by atoms with Crippen LogP contribution in [0.15, 0.2) is 51.4 Å². The Kier molecular flexibility index (Phi) is 3.30. The van der Waals surface area contributed by atoms with Crippen LogP contribution in [-0.4, -0.2) is 0 Å². The predicted octanol–water partition coefficient (Wildman–Crippen LogP) is 5.37. The highest BCUT2D eigenvalue weighted by Crippen LogP contribution is 2.30. The average molecular weight is 277 g/mol. The number of hydrogen-bond donors (Lipinski definition) is 0. The summed E-state index contributed by atoms with van der Waals surface area (Å²) in [5.41, 5.74) is 1.88. The molecule has 1 aromatic heterocycles. The minimum atomic E-state index is 0.939. The van der Waals surface area contributed by atoms with Crippen LogP contribution in [-0.2, 0) is 0 Å². The van der Waals surface area contributed by atoms with E-state index in [4.69, 9.17) is 4.42 Å². The number of furan rings is 1. The Labute approximate surface area is 103 Å². The summed E-state index contributed by atoms with van der Waals surface area (Å²) in [5, 5.41) is 2.33. The van der Waals surface area contributed by atoms with Crippen molar-refractivity contribution in [2.24, 2.45) is 0 Å². The summed E-state index contributed by atoms with van der Waals surface area (Å²) in [6.07, 6.45) is 0. The van der Waals surface area contributed by atoms with Crippen LogP contribution in [0.5, 0.6) is 0 Å². The van der Waals surface area contributed by atoms with Crippen molar-refractivity contribution in [3.8, 4) is 0 Å². The number of rotatable bonds is 0. The van der Waals surface area contributed by atoms with Crippen molar-refractivity contribution in [3.63, 3.8) is 0 Å². The van der Waals surface area contributed by atoms with Gasteiger partial charge in [-0.1, -0.05) is 48.0 Å². The van der Waals surface area contributed by atoms with E-state index >= 15 is 0 Å². The van der Waals surface area contributed by atoms with Crippen LogP contribution in [0.2, 0.25) is 0 Å². The maximum Gasteiger partial charge on any atom is 0.135 e. The van der Waals surface area contributed by atoms with Crippen molar-refractivity contribution < 1.29 is 4.42 Å². The quantitative estimate of drug-likeness (QED) is 0.538. The van der Waals surface area contributed by atoms with Crippen LogP contribution < -0.4 is 0 Å². The molecule has 0 spiro atoms. The van der Waals surface area contributed by atoms with E-state index in [1.54, 1.807) is 0 Å². The molecule has 0 N–H and O–H groups in total. The number of para-hydroxylation sites is 1. The average Bonchev–Trinajstić information content (AvgIpc) is 2.70. The fourth-order valence-corrected chi connectivity index (χ4v) is 2.06. The van der Waals surface area contributed by atoms with Gasteiger partial charge in [-0.3, -0.25) is 0 Å². The lowest BCUT2D eigenvalue weighted by Gasteiger charge is -1.89. The molecule has 0 saturated heterocycles. The molecule has 0 unspecified atom stereocenters. The summed E-state index contributed by atoms with van der Waals surface area (Å²) in [6, 6.07) is 14.1. The second-order valence-corrected chi connectivity index (χ2v) is 4.15. The first-order valence-electron chi connectivity index (χ1n) is 5.41. The van der Waals surface area contributed by atoms with E-state index in [2.05, 4.69) is 28.1 Å². The smallest absolute Gasteiger partial charge is 0.135 e. The Morgan fingerprint density at radius 2 is 1.56 bits per heavy atom. The van der Waals surface area contributed by atoms with E-state index in [0.29, 0.717) is 0 Å². The van der Waals surface area contributed by atoms with Gasteiger partial charge in [0, 0.05) is 15.2 Å². The zero-order chi connectivity index (χ0) is 11.5. The fourth-order valence-electron chi connectivity index (χ4n) is 1.70. The molecule has 0 aliphatic rings. The summed E-state index contributed by atoms with van der Waals surface area (Å²) in [6.45, 7) is 4.00. The van der Waals surface area contributed by atoms with Gasteiger partial charge in [-0.15, -0.1) is 0 Å². The van der Waals surface area contributed by atoms with Gasteiger partial charge in [0.25, 0.3) is 0 Å². The molecule has 0 bridgehead atoms. The van der Waals surface area contributed by atoms with Crippen molar-refractivity contribution in [3.05, 3.63) is 46.9 Å². The Balaban J connectivity index is 0.000000457.